The summed E-state index contributed by atoms with van der Waals surface area (Å²) in [5.41, 5.74) is -0.489. The number of hydrogen-bond donors (Lipinski definition) is 1. The maximum atomic E-state index is 13.3. The van der Waals surface area contributed by atoms with Crippen LogP contribution >= 0.6 is 0 Å². The Hall–Kier alpha value is -2.77. The van der Waals surface area contributed by atoms with E-state index in [-0.39, 0.29) is 17.1 Å². The number of aromatic nitrogens is 4. The SMILES string of the molecule is CCn1nnnc1NC(=O)c1ccc(OC(F)(F)C(F)F)c(S(C)(=O)=O)c1C. The largest absolute Gasteiger partial charge is 0.461 e. The molecular formula is C14H15F4N5O4S. The number of benzene rings is 1. The number of ether oxygens (including phenoxy) is 1. The fraction of sp³-hybridized carbons (Fsp3) is 0.429. The molecule has 0 saturated carbocycles. The Bertz CT molecular complexity index is 994. The highest BCUT2D eigenvalue weighted by molar-refractivity contribution is 7.90. The topological polar surface area (TPSA) is 116 Å². The van der Waals surface area contributed by atoms with Crippen molar-refractivity contribution in [3.63, 3.8) is 0 Å². The first-order valence-electron chi connectivity index (χ1n) is 7.64. The molecule has 0 saturated heterocycles. The van der Waals surface area contributed by atoms with Crippen molar-refractivity contribution in [1.82, 2.24) is 20.2 Å². The lowest BCUT2D eigenvalue weighted by atomic mass is 10.1. The van der Waals surface area contributed by atoms with Gasteiger partial charge in [-0.15, -0.1) is 0 Å². The first kappa shape index (κ1) is 21.5. The van der Waals surface area contributed by atoms with E-state index in [1.165, 1.54) is 4.68 Å². The van der Waals surface area contributed by atoms with Crippen LogP contribution < -0.4 is 10.1 Å². The zero-order valence-corrected chi connectivity index (χ0v) is 15.6. The van der Waals surface area contributed by atoms with Gasteiger partial charge in [-0.25, -0.2) is 13.1 Å². The molecule has 0 aliphatic rings. The number of hydrogen-bond acceptors (Lipinski definition) is 7. The number of sulfone groups is 1. The highest BCUT2D eigenvalue weighted by atomic mass is 32.2. The second-order valence-corrected chi connectivity index (χ2v) is 7.53. The number of tetrazole rings is 1. The number of alkyl halides is 4. The van der Waals surface area contributed by atoms with Crippen molar-refractivity contribution in [2.24, 2.45) is 0 Å². The Morgan fingerprint density at radius 1 is 1.36 bits per heavy atom. The summed E-state index contributed by atoms with van der Waals surface area (Å²) in [5.74, 6) is -1.86. The molecule has 14 heteroatoms. The first-order chi connectivity index (χ1) is 12.9. The Labute approximate surface area is 156 Å². The van der Waals surface area contributed by atoms with E-state index in [9.17, 15) is 30.8 Å². The van der Waals surface area contributed by atoms with Gasteiger partial charge in [0.15, 0.2) is 9.84 Å². The number of rotatable bonds is 7. The molecule has 0 spiro atoms. The Balaban J connectivity index is 2.50. The molecule has 2 rings (SSSR count). The second kappa shape index (κ2) is 7.69. The average Bonchev–Trinajstić information content (AvgIpc) is 3.00. The summed E-state index contributed by atoms with van der Waals surface area (Å²) < 4.78 is 80.6. The van der Waals surface area contributed by atoms with Crippen LogP contribution in [0.4, 0.5) is 23.5 Å². The van der Waals surface area contributed by atoms with Crippen LogP contribution in [-0.4, -0.2) is 53.3 Å². The van der Waals surface area contributed by atoms with Gasteiger partial charge in [0, 0.05) is 18.4 Å². The van der Waals surface area contributed by atoms with Crippen LogP contribution in [0.2, 0.25) is 0 Å². The molecule has 154 valence electrons. The summed E-state index contributed by atoms with van der Waals surface area (Å²) in [5, 5.41) is 12.9. The highest BCUT2D eigenvalue weighted by Gasteiger charge is 2.45. The van der Waals surface area contributed by atoms with Crippen molar-refractivity contribution >= 4 is 21.7 Å². The van der Waals surface area contributed by atoms with Crippen LogP contribution in [0.25, 0.3) is 0 Å². The van der Waals surface area contributed by atoms with Crippen LogP contribution in [0.3, 0.4) is 0 Å². The molecule has 0 fully saturated rings. The van der Waals surface area contributed by atoms with E-state index in [1.54, 1.807) is 6.92 Å². The van der Waals surface area contributed by atoms with Gasteiger partial charge in [0.05, 0.1) is 0 Å². The number of nitrogens with one attached hydrogen (secondary N) is 1. The normalized spacial score (nSPS) is 12.3. The highest BCUT2D eigenvalue weighted by Crippen LogP contribution is 2.35. The van der Waals surface area contributed by atoms with Crippen molar-refractivity contribution in [2.45, 2.75) is 37.8 Å². The van der Waals surface area contributed by atoms with Gasteiger partial charge in [0.2, 0.25) is 5.95 Å². The summed E-state index contributed by atoms with van der Waals surface area (Å²) in [6.45, 7) is 3.18. The number of carbonyl (C=O) groups is 1. The smallest absolute Gasteiger partial charge is 0.427 e. The number of amides is 1. The Morgan fingerprint density at radius 2 is 2.00 bits per heavy atom. The van der Waals surface area contributed by atoms with Crippen molar-refractivity contribution in [1.29, 1.82) is 0 Å². The molecule has 0 unspecified atom stereocenters. The second-order valence-electron chi connectivity index (χ2n) is 5.57. The van der Waals surface area contributed by atoms with Crippen LogP contribution in [-0.2, 0) is 16.4 Å². The zero-order chi connectivity index (χ0) is 21.3. The van der Waals surface area contributed by atoms with E-state index in [4.69, 9.17) is 0 Å². The summed E-state index contributed by atoms with van der Waals surface area (Å²) in [4.78, 5) is 11.7. The molecule has 0 aliphatic heterocycles. The Kier molecular flexibility index (Phi) is 5.91. The molecule has 1 amide bonds. The van der Waals surface area contributed by atoms with Crippen LogP contribution in [0, 0.1) is 6.92 Å². The van der Waals surface area contributed by atoms with Gasteiger partial charge in [0.1, 0.15) is 10.6 Å². The summed E-state index contributed by atoms with van der Waals surface area (Å²) >= 11 is 0. The molecule has 1 heterocycles. The maximum absolute atomic E-state index is 13.3. The third-order valence-corrected chi connectivity index (χ3v) is 4.79. The molecule has 0 aliphatic carbocycles. The number of aryl methyl sites for hydroxylation is 1. The summed E-state index contributed by atoms with van der Waals surface area (Å²) in [7, 11) is -4.22. The molecule has 1 N–H and O–H groups in total. The lowest BCUT2D eigenvalue weighted by Gasteiger charge is -2.20. The Morgan fingerprint density at radius 3 is 2.54 bits per heavy atom. The van der Waals surface area contributed by atoms with Crippen LogP contribution in [0.5, 0.6) is 5.75 Å². The van der Waals surface area contributed by atoms with Gasteiger partial charge in [-0.2, -0.15) is 17.6 Å². The number of carbonyl (C=O) groups excluding carboxylic acids is 1. The molecule has 1 aromatic carbocycles. The predicted octanol–water partition coefficient (Wildman–Crippen LogP) is 1.89. The van der Waals surface area contributed by atoms with Gasteiger partial charge in [-0.3, -0.25) is 10.1 Å². The summed E-state index contributed by atoms with van der Waals surface area (Å²) in [6, 6.07) is 1.67. The first-order valence-corrected chi connectivity index (χ1v) is 9.53. The van der Waals surface area contributed by atoms with Gasteiger partial charge < -0.3 is 4.74 Å². The van der Waals surface area contributed by atoms with Gasteiger partial charge in [0.25, 0.3) is 5.91 Å². The third-order valence-electron chi connectivity index (χ3n) is 3.54. The fourth-order valence-electron chi connectivity index (χ4n) is 2.32. The van der Waals surface area contributed by atoms with E-state index in [2.05, 4.69) is 25.6 Å². The lowest BCUT2D eigenvalue weighted by molar-refractivity contribution is -0.254. The van der Waals surface area contributed by atoms with Crippen molar-refractivity contribution in [3.8, 4) is 5.75 Å². The average molecular weight is 425 g/mol. The quantitative estimate of drug-likeness (QED) is 0.674. The van der Waals surface area contributed by atoms with E-state index in [1.807, 2.05) is 0 Å². The molecule has 1 aromatic heterocycles. The van der Waals surface area contributed by atoms with Gasteiger partial charge in [-0.05, 0) is 42.0 Å². The monoisotopic (exact) mass is 425 g/mol. The minimum Gasteiger partial charge on any atom is -0.427 e. The van der Waals surface area contributed by atoms with Crippen molar-refractivity contribution in [3.05, 3.63) is 23.3 Å². The van der Waals surface area contributed by atoms with E-state index in [0.717, 1.165) is 13.0 Å². The number of nitrogens with zero attached hydrogens (tertiary/aromatic N) is 4. The fourth-order valence-corrected chi connectivity index (χ4v) is 3.46. The van der Waals surface area contributed by atoms with Crippen molar-refractivity contribution in [2.75, 3.05) is 11.6 Å². The number of anilines is 1. The van der Waals surface area contributed by atoms with E-state index < -0.39 is 38.9 Å². The molecule has 0 radical (unpaired) electrons. The maximum Gasteiger partial charge on any atom is 0.461 e. The van der Waals surface area contributed by atoms with Crippen LogP contribution in [0.1, 0.15) is 22.8 Å². The minimum absolute atomic E-state index is 0.0302. The molecule has 0 bridgehead atoms. The van der Waals surface area contributed by atoms with Gasteiger partial charge in [-0.1, -0.05) is 5.10 Å². The molecular weight excluding hydrogens is 410 g/mol. The number of halogens is 4. The van der Waals surface area contributed by atoms with Crippen molar-refractivity contribution < 1.29 is 35.5 Å². The molecule has 0 atom stereocenters. The van der Waals surface area contributed by atoms with E-state index in [0.29, 0.717) is 18.9 Å². The van der Waals surface area contributed by atoms with Crippen LogP contribution in [0.15, 0.2) is 17.0 Å². The summed E-state index contributed by atoms with van der Waals surface area (Å²) in [6.07, 6.45) is -8.43. The third kappa shape index (κ3) is 4.37. The molecule has 2 aromatic rings. The molecule has 28 heavy (non-hydrogen) atoms. The lowest BCUT2D eigenvalue weighted by Crippen LogP contribution is -2.34. The minimum atomic E-state index is -4.92. The van der Waals surface area contributed by atoms with Gasteiger partial charge >= 0.3 is 12.5 Å². The standard InChI is InChI=1S/C14H15F4N5O4S/c1-4-23-13(20-21-22-23)19-11(24)8-5-6-9(27-14(17,18)12(15)16)10(7(8)2)28(3,25)26/h5-6,12H,4H2,1-3H3,(H,19,20,22,24). The predicted molar refractivity (Wildman–Crippen MR) is 87.3 cm³/mol. The van der Waals surface area contributed by atoms with E-state index >= 15 is 0 Å². The zero-order valence-electron chi connectivity index (χ0n) is 14.8. The molecule has 9 nitrogen and oxygen atoms in total.